The molecule has 0 saturated carbocycles. The number of carbonyl (C=O) groups is 2. The minimum Gasteiger partial charge on any atom is -0.476 e. The first-order valence-electron chi connectivity index (χ1n) is 7.93. The van der Waals surface area contributed by atoms with E-state index in [1.807, 2.05) is 23.1 Å². The largest absolute Gasteiger partial charge is 0.476 e. The first kappa shape index (κ1) is 15.3. The fourth-order valence-corrected chi connectivity index (χ4v) is 3.08. The Kier molecular flexibility index (Phi) is 3.64. The third kappa shape index (κ3) is 2.71. The van der Waals surface area contributed by atoms with Crippen LogP contribution in [0, 0.1) is 0 Å². The molecule has 0 aliphatic carbocycles. The molecule has 1 N–H and O–H groups in total. The minimum atomic E-state index is -1.09. The minimum absolute atomic E-state index is 0.0715. The Morgan fingerprint density at radius 3 is 2.24 bits per heavy atom. The van der Waals surface area contributed by atoms with Gasteiger partial charge in [0.2, 0.25) is 0 Å². The zero-order valence-electron chi connectivity index (χ0n) is 13.3. The highest BCUT2D eigenvalue weighted by molar-refractivity contribution is 6.20. The lowest BCUT2D eigenvalue weighted by Crippen LogP contribution is -2.49. The number of aromatic nitrogens is 2. The number of nitrogens with zero attached hydrogens (tertiary/aromatic N) is 5. The van der Waals surface area contributed by atoms with Crippen molar-refractivity contribution in [3.63, 3.8) is 0 Å². The molecule has 0 atom stereocenters. The number of amidine groups is 1. The molecule has 2 aromatic rings. The van der Waals surface area contributed by atoms with E-state index in [9.17, 15) is 9.59 Å². The lowest BCUT2D eigenvalue weighted by molar-refractivity contribution is 0.0689. The van der Waals surface area contributed by atoms with Crippen molar-refractivity contribution in [1.82, 2.24) is 15.1 Å². The summed E-state index contributed by atoms with van der Waals surface area (Å²) < 4.78 is 0. The normalized spacial score (nSPS) is 16.6. The second kappa shape index (κ2) is 5.97. The number of aromatic carboxylic acids is 1. The topological polar surface area (TPSA) is 99.0 Å². The van der Waals surface area contributed by atoms with Crippen LogP contribution >= 0.6 is 0 Å². The maximum atomic E-state index is 12.0. The van der Waals surface area contributed by atoms with E-state index < -0.39 is 5.97 Å². The van der Waals surface area contributed by atoms with Gasteiger partial charge in [-0.3, -0.25) is 4.79 Å². The summed E-state index contributed by atoms with van der Waals surface area (Å²) in [7, 11) is 0. The molecule has 8 heteroatoms. The first-order chi connectivity index (χ1) is 12.1. The van der Waals surface area contributed by atoms with Crippen LogP contribution in [0.5, 0.6) is 0 Å². The van der Waals surface area contributed by atoms with Gasteiger partial charge in [0.15, 0.2) is 11.5 Å². The van der Waals surface area contributed by atoms with E-state index in [2.05, 4.69) is 20.1 Å². The van der Waals surface area contributed by atoms with Crippen LogP contribution in [0.4, 0.5) is 5.82 Å². The Morgan fingerprint density at radius 1 is 0.920 bits per heavy atom. The number of amides is 1. The summed E-state index contributed by atoms with van der Waals surface area (Å²) in [6.07, 6.45) is 0. The van der Waals surface area contributed by atoms with Crippen LogP contribution in [-0.4, -0.2) is 64.1 Å². The predicted molar refractivity (Wildman–Crippen MR) is 90.1 cm³/mol. The van der Waals surface area contributed by atoms with Gasteiger partial charge in [0.05, 0.1) is 5.56 Å². The fraction of sp³-hybridized carbons (Fsp3) is 0.235. The molecule has 3 heterocycles. The zero-order valence-corrected chi connectivity index (χ0v) is 13.3. The van der Waals surface area contributed by atoms with Gasteiger partial charge in [0.25, 0.3) is 5.91 Å². The molecule has 0 unspecified atom stereocenters. The van der Waals surface area contributed by atoms with Crippen molar-refractivity contribution in [2.24, 2.45) is 4.99 Å². The van der Waals surface area contributed by atoms with E-state index in [1.54, 1.807) is 12.1 Å². The molecule has 1 saturated heterocycles. The van der Waals surface area contributed by atoms with Gasteiger partial charge in [-0.1, -0.05) is 18.2 Å². The number of piperazine rings is 1. The molecule has 0 spiro atoms. The summed E-state index contributed by atoms with van der Waals surface area (Å²) in [5.41, 5.74) is 1.46. The maximum Gasteiger partial charge on any atom is 0.356 e. The standard InChI is InChI=1S/C17H15N5O3/c23-16-12-4-2-1-3-11(12)15(18-16)22-9-7-21(8-10-22)14-6-5-13(17(24)25)19-20-14/h1-6H,7-10H2,(H,24,25). The Balaban J connectivity index is 1.46. The van der Waals surface area contributed by atoms with Gasteiger partial charge in [0.1, 0.15) is 5.84 Å². The van der Waals surface area contributed by atoms with Crippen molar-refractivity contribution in [2.45, 2.75) is 0 Å². The summed E-state index contributed by atoms with van der Waals surface area (Å²) in [4.78, 5) is 31.2. The highest BCUT2D eigenvalue weighted by atomic mass is 16.4. The van der Waals surface area contributed by atoms with Gasteiger partial charge in [-0.05, 0) is 18.2 Å². The number of carboxylic acids is 1. The zero-order chi connectivity index (χ0) is 17.4. The molecule has 1 amide bonds. The number of fused-ring (bicyclic) bond motifs is 1. The number of hydrogen-bond acceptors (Lipinski definition) is 6. The van der Waals surface area contributed by atoms with Crippen LogP contribution in [-0.2, 0) is 0 Å². The van der Waals surface area contributed by atoms with Gasteiger partial charge < -0.3 is 14.9 Å². The highest BCUT2D eigenvalue weighted by Gasteiger charge is 2.29. The Hall–Kier alpha value is -3.29. The molecule has 25 heavy (non-hydrogen) atoms. The van der Waals surface area contributed by atoms with E-state index in [-0.39, 0.29) is 11.6 Å². The van der Waals surface area contributed by atoms with E-state index in [1.165, 1.54) is 6.07 Å². The SMILES string of the molecule is O=C(O)c1ccc(N2CCN(C3=NC(=O)c4ccccc43)CC2)nn1. The monoisotopic (exact) mass is 337 g/mol. The second-order valence-corrected chi connectivity index (χ2v) is 5.84. The second-order valence-electron chi connectivity index (χ2n) is 5.84. The molecule has 126 valence electrons. The van der Waals surface area contributed by atoms with E-state index in [0.29, 0.717) is 37.6 Å². The molecule has 1 aromatic heterocycles. The molecular weight excluding hydrogens is 322 g/mol. The van der Waals surface area contributed by atoms with Crippen LogP contribution in [0.25, 0.3) is 0 Å². The highest BCUT2D eigenvalue weighted by Crippen LogP contribution is 2.22. The summed E-state index contributed by atoms with van der Waals surface area (Å²) in [5.74, 6) is 0.0941. The third-order valence-corrected chi connectivity index (χ3v) is 4.38. The van der Waals surface area contributed by atoms with Crippen molar-refractivity contribution in [1.29, 1.82) is 0 Å². The average molecular weight is 337 g/mol. The van der Waals surface area contributed by atoms with Crippen molar-refractivity contribution in [2.75, 3.05) is 31.1 Å². The van der Waals surface area contributed by atoms with Crippen molar-refractivity contribution in [3.05, 3.63) is 53.2 Å². The Morgan fingerprint density at radius 2 is 1.60 bits per heavy atom. The molecule has 0 bridgehead atoms. The van der Waals surface area contributed by atoms with Gasteiger partial charge in [0, 0.05) is 31.7 Å². The van der Waals surface area contributed by atoms with Crippen molar-refractivity contribution in [3.8, 4) is 0 Å². The average Bonchev–Trinajstić information content (AvgIpc) is 2.99. The summed E-state index contributed by atoms with van der Waals surface area (Å²) >= 11 is 0. The number of carboxylic acid groups (broad SMARTS) is 1. The molecule has 1 fully saturated rings. The van der Waals surface area contributed by atoms with E-state index in [0.717, 1.165) is 11.4 Å². The molecule has 0 radical (unpaired) electrons. The molecular formula is C17H15N5O3. The third-order valence-electron chi connectivity index (χ3n) is 4.38. The molecule has 2 aliphatic rings. The van der Waals surface area contributed by atoms with Crippen LogP contribution < -0.4 is 4.90 Å². The molecule has 1 aromatic carbocycles. The van der Waals surface area contributed by atoms with Gasteiger partial charge in [-0.25, -0.2) is 4.79 Å². The fourth-order valence-electron chi connectivity index (χ4n) is 3.08. The lowest BCUT2D eigenvalue weighted by atomic mass is 10.1. The van der Waals surface area contributed by atoms with Gasteiger partial charge in [-0.2, -0.15) is 4.99 Å². The number of benzene rings is 1. The van der Waals surface area contributed by atoms with Gasteiger partial charge in [-0.15, -0.1) is 10.2 Å². The molecule has 4 rings (SSSR count). The summed E-state index contributed by atoms with van der Waals surface area (Å²) in [5, 5.41) is 16.6. The predicted octanol–water partition coefficient (Wildman–Crippen LogP) is 0.897. The number of aliphatic imine (C=N–C) groups is 1. The molecule has 8 nitrogen and oxygen atoms in total. The van der Waals surface area contributed by atoms with Crippen LogP contribution in [0.15, 0.2) is 41.4 Å². The summed E-state index contributed by atoms with van der Waals surface area (Å²) in [6.45, 7) is 2.78. The number of hydrogen-bond donors (Lipinski definition) is 1. The maximum absolute atomic E-state index is 12.0. The number of anilines is 1. The number of rotatable bonds is 2. The smallest absolute Gasteiger partial charge is 0.356 e. The van der Waals surface area contributed by atoms with E-state index in [4.69, 9.17) is 5.11 Å². The van der Waals surface area contributed by atoms with Crippen LogP contribution in [0.2, 0.25) is 0 Å². The Bertz CT molecular complexity index is 870. The lowest BCUT2D eigenvalue weighted by Gasteiger charge is -2.36. The van der Waals surface area contributed by atoms with Crippen molar-refractivity contribution < 1.29 is 14.7 Å². The first-order valence-corrected chi connectivity index (χ1v) is 7.93. The van der Waals surface area contributed by atoms with E-state index >= 15 is 0 Å². The summed E-state index contributed by atoms with van der Waals surface area (Å²) in [6, 6.07) is 10.6. The quantitative estimate of drug-likeness (QED) is 0.869. The Labute approximate surface area is 143 Å². The number of carbonyl (C=O) groups excluding carboxylic acids is 1. The van der Waals surface area contributed by atoms with Crippen molar-refractivity contribution >= 4 is 23.5 Å². The van der Waals surface area contributed by atoms with Crippen LogP contribution in [0.3, 0.4) is 0 Å². The van der Waals surface area contributed by atoms with Crippen LogP contribution in [0.1, 0.15) is 26.4 Å². The van der Waals surface area contributed by atoms with Gasteiger partial charge >= 0.3 is 5.97 Å². The molecule has 2 aliphatic heterocycles.